The molecule has 1 fully saturated rings. The van der Waals surface area contributed by atoms with E-state index in [-0.39, 0.29) is 18.6 Å². The Kier molecular flexibility index (Phi) is 5.13. The Labute approximate surface area is 157 Å². The summed E-state index contributed by atoms with van der Waals surface area (Å²) in [6.45, 7) is 1.67. The molecule has 3 aromatic rings. The maximum atomic E-state index is 12.9. The average molecular weight is 366 g/mol. The van der Waals surface area contributed by atoms with Crippen LogP contribution in [0.15, 0.2) is 42.7 Å². The van der Waals surface area contributed by atoms with Crippen molar-refractivity contribution in [1.29, 1.82) is 0 Å². The molecule has 1 atom stereocenters. The first-order valence-electron chi connectivity index (χ1n) is 9.12. The molecule has 27 heavy (non-hydrogen) atoms. The van der Waals surface area contributed by atoms with E-state index in [9.17, 15) is 9.90 Å². The number of aromatic nitrogens is 3. The largest absolute Gasteiger partial charge is 0.388 e. The predicted octanol–water partition coefficient (Wildman–Crippen LogP) is 2.27. The lowest BCUT2D eigenvalue weighted by molar-refractivity contribution is -0.00680. The standard InChI is InChI=1S/C20H22N4O3/c25-12-19-22-17-6-5-15(9-18(17)23-19)20(26)24-8-2-4-16(11-24)27-13-14-3-1-7-21-10-14/h1,3,5-7,9-10,16,25H,2,4,8,11-13H2,(H,22,23)/t16-/m1/s1. The van der Waals surface area contributed by atoms with Crippen molar-refractivity contribution in [2.45, 2.75) is 32.2 Å². The van der Waals surface area contributed by atoms with E-state index >= 15 is 0 Å². The Balaban J connectivity index is 1.42. The van der Waals surface area contributed by atoms with Gasteiger partial charge in [-0.15, -0.1) is 0 Å². The van der Waals surface area contributed by atoms with Gasteiger partial charge in [0.15, 0.2) is 0 Å². The number of hydrogen-bond donors (Lipinski definition) is 2. The van der Waals surface area contributed by atoms with Gasteiger partial charge >= 0.3 is 0 Å². The summed E-state index contributed by atoms with van der Waals surface area (Å²) in [7, 11) is 0. The molecule has 1 amide bonds. The number of hydrogen-bond acceptors (Lipinski definition) is 5. The van der Waals surface area contributed by atoms with Crippen LogP contribution in [-0.4, -0.2) is 50.1 Å². The Morgan fingerprint density at radius 2 is 2.30 bits per heavy atom. The van der Waals surface area contributed by atoms with E-state index in [1.54, 1.807) is 30.6 Å². The summed E-state index contributed by atoms with van der Waals surface area (Å²) < 4.78 is 6.00. The van der Waals surface area contributed by atoms with E-state index in [0.29, 0.717) is 24.5 Å². The van der Waals surface area contributed by atoms with Gasteiger partial charge in [0.1, 0.15) is 12.4 Å². The number of aliphatic hydroxyl groups is 1. The highest BCUT2D eigenvalue weighted by atomic mass is 16.5. The molecule has 0 spiro atoms. The molecule has 4 rings (SSSR count). The molecule has 7 nitrogen and oxygen atoms in total. The summed E-state index contributed by atoms with van der Waals surface area (Å²) in [5.41, 5.74) is 3.15. The lowest BCUT2D eigenvalue weighted by Gasteiger charge is -2.32. The zero-order valence-corrected chi connectivity index (χ0v) is 15.0. The highest BCUT2D eigenvalue weighted by molar-refractivity contribution is 5.97. The number of pyridine rings is 1. The van der Waals surface area contributed by atoms with Gasteiger partial charge in [0.2, 0.25) is 0 Å². The van der Waals surface area contributed by atoms with Gasteiger partial charge < -0.3 is 19.7 Å². The first-order valence-corrected chi connectivity index (χ1v) is 9.12. The molecule has 0 bridgehead atoms. The molecule has 1 aliphatic heterocycles. The van der Waals surface area contributed by atoms with E-state index in [4.69, 9.17) is 4.74 Å². The van der Waals surface area contributed by atoms with Gasteiger partial charge in [0, 0.05) is 31.0 Å². The van der Waals surface area contributed by atoms with Crippen LogP contribution in [0.2, 0.25) is 0 Å². The van der Waals surface area contributed by atoms with Crippen molar-refractivity contribution in [3.05, 3.63) is 59.7 Å². The number of fused-ring (bicyclic) bond motifs is 1. The lowest BCUT2D eigenvalue weighted by atomic mass is 10.1. The number of likely N-dealkylation sites (tertiary alicyclic amines) is 1. The Bertz CT molecular complexity index is 925. The smallest absolute Gasteiger partial charge is 0.254 e. The van der Waals surface area contributed by atoms with Crippen LogP contribution >= 0.6 is 0 Å². The summed E-state index contributed by atoms with van der Waals surface area (Å²) in [5, 5.41) is 9.20. The third-order valence-corrected chi connectivity index (χ3v) is 4.80. The zero-order chi connectivity index (χ0) is 18.6. The van der Waals surface area contributed by atoms with Crippen LogP contribution in [0.1, 0.15) is 34.6 Å². The number of aliphatic hydroxyl groups excluding tert-OH is 1. The van der Waals surface area contributed by atoms with E-state index in [2.05, 4.69) is 15.0 Å². The van der Waals surface area contributed by atoms with Crippen molar-refractivity contribution in [3.8, 4) is 0 Å². The first kappa shape index (κ1) is 17.6. The summed E-state index contributed by atoms with van der Waals surface area (Å²) in [6.07, 6.45) is 5.43. The number of nitrogens with zero attached hydrogens (tertiary/aromatic N) is 3. The van der Waals surface area contributed by atoms with Crippen LogP contribution in [-0.2, 0) is 18.0 Å². The molecule has 1 aliphatic rings. The van der Waals surface area contributed by atoms with Crippen LogP contribution in [0.5, 0.6) is 0 Å². The minimum atomic E-state index is -0.153. The predicted molar refractivity (Wildman–Crippen MR) is 100.0 cm³/mol. The van der Waals surface area contributed by atoms with Crippen LogP contribution in [0, 0.1) is 0 Å². The minimum absolute atomic E-state index is 0.00766. The van der Waals surface area contributed by atoms with E-state index in [0.717, 1.165) is 36.0 Å². The summed E-state index contributed by atoms with van der Waals surface area (Å²) >= 11 is 0. The lowest BCUT2D eigenvalue weighted by Crippen LogP contribution is -2.43. The van der Waals surface area contributed by atoms with Crippen LogP contribution in [0.25, 0.3) is 11.0 Å². The molecule has 0 aliphatic carbocycles. The number of benzene rings is 1. The molecule has 0 saturated carbocycles. The van der Waals surface area contributed by atoms with Crippen LogP contribution in [0.4, 0.5) is 0 Å². The fourth-order valence-electron chi connectivity index (χ4n) is 3.41. The number of rotatable bonds is 5. The number of amides is 1. The number of imidazole rings is 1. The number of ether oxygens (including phenoxy) is 1. The molecule has 1 saturated heterocycles. The molecule has 1 aromatic carbocycles. The third kappa shape index (κ3) is 3.99. The fraction of sp³-hybridized carbons (Fsp3) is 0.350. The summed E-state index contributed by atoms with van der Waals surface area (Å²) in [4.78, 5) is 26.1. The van der Waals surface area contributed by atoms with Crippen molar-refractivity contribution in [3.63, 3.8) is 0 Å². The monoisotopic (exact) mass is 366 g/mol. The molecule has 3 heterocycles. The molecule has 140 valence electrons. The Morgan fingerprint density at radius 3 is 3.11 bits per heavy atom. The van der Waals surface area contributed by atoms with E-state index in [1.165, 1.54) is 0 Å². The Morgan fingerprint density at radius 1 is 1.37 bits per heavy atom. The molecular weight excluding hydrogens is 344 g/mol. The second kappa shape index (κ2) is 7.85. The topological polar surface area (TPSA) is 91.3 Å². The quantitative estimate of drug-likeness (QED) is 0.723. The maximum Gasteiger partial charge on any atom is 0.254 e. The molecule has 0 radical (unpaired) electrons. The maximum absolute atomic E-state index is 12.9. The van der Waals surface area contributed by atoms with Crippen molar-refractivity contribution in [2.75, 3.05) is 13.1 Å². The van der Waals surface area contributed by atoms with Gasteiger partial charge in [-0.3, -0.25) is 9.78 Å². The zero-order valence-electron chi connectivity index (χ0n) is 15.0. The van der Waals surface area contributed by atoms with E-state index in [1.807, 2.05) is 17.0 Å². The fourth-order valence-corrected chi connectivity index (χ4v) is 3.41. The van der Waals surface area contributed by atoms with Gasteiger partial charge in [-0.05, 0) is 42.7 Å². The molecular formula is C20H22N4O3. The number of nitrogens with one attached hydrogen (secondary N) is 1. The summed E-state index contributed by atoms with van der Waals surface area (Å²) in [6, 6.07) is 9.26. The van der Waals surface area contributed by atoms with Crippen molar-refractivity contribution >= 4 is 16.9 Å². The van der Waals surface area contributed by atoms with Gasteiger partial charge in [0.25, 0.3) is 5.91 Å². The first-order chi connectivity index (χ1) is 13.2. The molecule has 2 aromatic heterocycles. The average Bonchev–Trinajstić information content (AvgIpc) is 3.15. The summed E-state index contributed by atoms with van der Waals surface area (Å²) in [5.74, 6) is 0.489. The van der Waals surface area contributed by atoms with Crippen molar-refractivity contribution in [2.24, 2.45) is 0 Å². The Hall–Kier alpha value is -2.77. The number of aromatic amines is 1. The molecule has 7 heteroatoms. The molecule has 0 unspecified atom stereocenters. The highest BCUT2D eigenvalue weighted by Gasteiger charge is 2.25. The number of piperidine rings is 1. The highest BCUT2D eigenvalue weighted by Crippen LogP contribution is 2.20. The van der Waals surface area contributed by atoms with E-state index < -0.39 is 0 Å². The van der Waals surface area contributed by atoms with Crippen LogP contribution < -0.4 is 0 Å². The number of H-pyrrole nitrogens is 1. The van der Waals surface area contributed by atoms with Gasteiger partial charge in [-0.1, -0.05) is 6.07 Å². The number of carbonyl (C=O) groups excluding carboxylic acids is 1. The SMILES string of the molecule is O=C(c1ccc2nc(CO)[nH]c2c1)N1CCC[C@@H](OCc2cccnc2)C1. The van der Waals surface area contributed by atoms with Crippen molar-refractivity contribution < 1.29 is 14.6 Å². The second-order valence-electron chi connectivity index (χ2n) is 6.76. The van der Waals surface area contributed by atoms with Gasteiger partial charge in [-0.25, -0.2) is 4.98 Å². The minimum Gasteiger partial charge on any atom is -0.388 e. The number of carbonyl (C=O) groups is 1. The second-order valence-corrected chi connectivity index (χ2v) is 6.76. The van der Waals surface area contributed by atoms with Gasteiger partial charge in [-0.2, -0.15) is 0 Å². The third-order valence-electron chi connectivity index (χ3n) is 4.80. The van der Waals surface area contributed by atoms with Gasteiger partial charge in [0.05, 0.1) is 23.7 Å². The molecule has 2 N–H and O–H groups in total. The van der Waals surface area contributed by atoms with Crippen LogP contribution in [0.3, 0.4) is 0 Å². The normalized spacial score (nSPS) is 17.4. The van der Waals surface area contributed by atoms with Crippen molar-refractivity contribution in [1.82, 2.24) is 19.9 Å².